The number of rotatable bonds is 4. The number of pyridine rings is 1. The molecule has 0 spiro atoms. The summed E-state index contributed by atoms with van der Waals surface area (Å²) in [4.78, 5) is 4.53. The molecule has 2 heteroatoms. The molecule has 0 aliphatic carbocycles. The zero-order valence-electron chi connectivity index (χ0n) is 27.6. The van der Waals surface area contributed by atoms with Crippen LogP contribution >= 0.6 is 0 Å². The predicted molar refractivity (Wildman–Crippen MR) is 212 cm³/mol. The molecule has 0 radical (unpaired) electrons. The fourth-order valence-corrected chi connectivity index (χ4v) is 8.10. The van der Waals surface area contributed by atoms with Crippen molar-refractivity contribution in [2.75, 3.05) is 0 Å². The van der Waals surface area contributed by atoms with Gasteiger partial charge in [-0.25, -0.2) is 0 Å². The fraction of sp³-hybridized carbons (Fsp3) is 0.0208. The molecule has 2 heterocycles. The van der Waals surface area contributed by atoms with Gasteiger partial charge in [0.15, 0.2) is 0 Å². The maximum atomic E-state index is 4.53. The molecular formula is C48H32N2. The molecular weight excluding hydrogens is 605 g/mol. The van der Waals surface area contributed by atoms with E-state index in [1.807, 2.05) is 12.4 Å². The van der Waals surface area contributed by atoms with Gasteiger partial charge >= 0.3 is 0 Å². The third-order valence-electron chi connectivity index (χ3n) is 10.4. The highest BCUT2D eigenvalue weighted by atomic mass is 15.0. The average Bonchev–Trinajstić information content (AvgIpc) is 3.51. The van der Waals surface area contributed by atoms with Crippen LogP contribution in [0.2, 0.25) is 0 Å². The van der Waals surface area contributed by atoms with Gasteiger partial charge in [0.2, 0.25) is 0 Å². The summed E-state index contributed by atoms with van der Waals surface area (Å²) in [7, 11) is 0. The number of nitrogens with zero attached hydrogens (tertiary/aromatic N) is 2. The molecule has 50 heavy (non-hydrogen) atoms. The molecule has 2 nitrogen and oxygen atoms in total. The van der Waals surface area contributed by atoms with Gasteiger partial charge in [-0.3, -0.25) is 4.98 Å². The minimum absolute atomic E-state index is 1.14. The van der Waals surface area contributed by atoms with Crippen LogP contribution in [0.25, 0.3) is 93.2 Å². The van der Waals surface area contributed by atoms with Crippen molar-refractivity contribution in [3.63, 3.8) is 0 Å². The summed E-state index contributed by atoms with van der Waals surface area (Å²) >= 11 is 0. The lowest BCUT2D eigenvalue weighted by Gasteiger charge is -2.20. The minimum Gasteiger partial charge on any atom is -0.309 e. The highest BCUT2D eigenvalue weighted by Crippen LogP contribution is 2.45. The van der Waals surface area contributed by atoms with Crippen molar-refractivity contribution in [2.24, 2.45) is 0 Å². The molecule has 10 rings (SSSR count). The molecule has 0 unspecified atom stereocenters. The summed E-state index contributed by atoms with van der Waals surface area (Å²) in [5.74, 6) is 0. The minimum atomic E-state index is 1.14. The first-order valence-electron chi connectivity index (χ1n) is 17.2. The van der Waals surface area contributed by atoms with Crippen LogP contribution in [-0.4, -0.2) is 9.55 Å². The van der Waals surface area contributed by atoms with Crippen LogP contribution in [0.4, 0.5) is 0 Å². The molecule has 0 atom stereocenters. The van der Waals surface area contributed by atoms with Gasteiger partial charge in [-0.15, -0.1) is 0 Å². The molecule has 234 valence electrons. The van der Waals surface area contributed by atoms with E-state index in [1.54, 1.807) is 0 Å². The van der Waals surface area contributed by atoms with E-state index in [2.05, 4.69) is 180 Å². The monoisotopic (exact) mass is 636 g/mol. The highest BCUT2D eigenvalue weighted by Gasteiger charge is 2.19. The van der Waals surface area contributed by atoms with Crippen LogP contribution in [0.1, 0.15) is 5.56 Å². The molecule has 0 fully saturated rings. The summed E-state index contributed by atoms with van der Waals surface area (Å²) in [5.41, 5.74) is 12.2. The van der Waals surface area contributed by atoms with E-state index in [-0.39, 0.29) is 0 Å². The van der Waals surface area contributed by atoms with Crippen LogP contribution in [0.5, 0.6) is 0 Å². The standard InChI is InChI=1S/C48H32N2/c1-31-27-37(50-45-24-21-35(32-11-3-2-4-12-32)29-43(45)44-30-49-26-25-46(44)50)22-23-38(31)48-41-17-9-7-15-39(41)47(40-16-8-10-18-42(40)48)36-20-19-33-13-5-6-14-34(33)28-36/h2-30H,1H3. The van der Waals surface area contributed by atoms with E-state index in [9.17, 15) is 0 Å². The van der Waals surface area contributed by atoms with Gasteiger partial charge < -0.3 is 4.57 Å². The molecule has 2 aromatic heterocycles. The smallest absolute Gasteiger partial charge is 0.0571 e. The second kappa shape index (κ2) is 11.3. The predicted octanol–water partition coefficient (Wildman–Crippen LogP) is 12.9. The summed E-state index contributed by atoms with van der Waals surface area (Å²) in [6.45, 7) is 2.25. The number of hydrogen-bond acceptors (Lipinski definition) is 1. The zero-order valence-corrected chi connectivity index (χ0v) is 27.6. The van der Waals surface area contributed by atoms with Crippen molar-refractivity contribution in [3.8, 4) is 39.1 Å². The maximum absolute atomic E-state index is 4.53. The number of aromatic nitrogens is 2. The molecule has 0 N–H and O–H groups in total. The molecule has 0 aliphatic heterocycles. The largest absolute Gasteiger partial charge is 0.309 e. The fourth-order valence-electron chi connectivity index (χ4n) is 8.10. The van der Waals surface area contributed by atoms with Crippen molar-refractivity contribution in [1.82, 2.24) is 9.55 Å². The number of hydrogen-bond donors (Lipinski definition) is 0. The zero-order chi connectivity index (χ0) is 33.2. The molecule has 0 bridgehead atoms. The first kappa shape index (κ1) is 28.5. The van der Waals surface area contributed by atoms with E-state index in [4.69, 9.17) is 0 Å². The highest BCUT2D eigenvalue weighted by molar-refractivity contribution is 6.22. The van der Waals surface area contributed by atoms with Gasteiger partial charge in [0.1, 0.15) is 0 Å². The Morgan fingerprint density at radius 3 is 1.80 bits per heavy atom. The quantitative estimate of drug-likeness (QED) is 0.176. The van der Waals surface area contributed by atoms with Gasteiger partial charge in [-0.2, -0.15) is 0 Å². The van der Waals surface area contributed by atoms with Crippen LogP contribution in [-0.2, 0) is 0 Å². The number of aryl methyl sites for hydroxylation is 1. The van der Waals surface area contributed by atoms with Crippen molar-refractivity contribution >= 4 is 54.1 Å². The topological polar surface area (TPSA) is 17.8 Å². The summed E-state index contributed by atoms with van der Waals surface area (Å²) in [5, 5.41) is 9.94. The molecule has 0 aliphatic rings. The second-order valence-corrected chi connectivity index (χ2v) is 13.2. The molecule has 10 aromatic rings. The van der Waals surface area contributed by atoms with Crippen LogP contribution in [0, 0.1) is 6.92 Å². The van der Waals surface area contributed by atoms with E-state index >= 15 is 0 Å². The van der Waals surface area contributed by atoms with E-state index in [0.29, 0.717) is 0 Å². The Balaban J connectivity index is 1.18. The Labute approximate surface area is 290 Å². The Bertz CT molecular complexity index is 2880. The first-order valence-corrected chi connectivity index (χ1v) is 17.2. The maximum Gasteiger partial charge on any atom is 0.0571 e. The SMILES string of the molecule is Cc1cc(-n2c3ccncc3c3cc(-c4ccccc4)ccc32)ccc1-c1c2ccccc2c(-c2ccc3ccccc3c2)c2ccccc12. The van der Waals surface area contributed by atoms with Gasteiger partial charge in [0.25, 0.3) is 0 Å². The summed E-state index contributed by atoms with van der Waals surface area (Å²) in [6.07, 6.45) is 3.89. The first-order chi connectivity index (χ1) is 24.7. The molecule has 0 saturated heterocycles. The van der Waals surface area contributed by atoms with Crippen LogP contribution in [0.15, 0.2) is 176 Å². The van der Waals surface area contributed by atoms with Crippen LogP contribution in [0.3, 0.4) is 0 Å². The van der Waals surface area contributed by atoms with Gasteiger partial charge in [-0.05, 0) is 115 Å². The summed E-state index contributed by atoms with van der Waals surface area (Å²) in [6, 6.07) is 59.8. The van der Waals surface area contributed by atoms with E-state index in [1.165, 1.54) is 82.2 Å². The van der Waals surface area contributed by atoms with E-state index in [0.717, 1.165) is 16.6 Å². The van der Waals surface area contributed by atoms with Gasteiger partial charge in [0, 0.05) is 28.9 Å². The van der Waals surface area contributed by atoms with E-state index < -0.39 is 0 Å². The number of benzene rings is 8. The van der Waals surface area contributed by atoms with Gasteiger partial charge in [-0.1, -0.05) is 127 Å². The lowest BCUT2D eigenvalue weighted by atomic mass is 9.84. The molecule has 0 amide bonds. The lowest BCUT2D eigenvalue weighted by Crippen LogP contribution is -1.97. The molecule has 0 saturated carbocycles. The Morgan fingerprint density at radius 2 is 1.06 bits per heavy atom. The summed E-state index contributed by atoms with van der Waals surface area (Å²) < 4.78 is 2.39. The van der Waals surface area contributed by atoms with Crippen molar-refractivity contribution in [2.45, 2.75) is 6.92 Å². The Morgan fingerprint density at radius 1 is 0.420 bits per heavy atom. The number of fused-ring (bicyclic) bond motifs is 6. The molecule has 8 aromatic carbocycles. The average molecular weight is 637 g/mol. The second-order valence-electron chi connectivity index (χ2n) is 13.2. The van der Waals surface area contributed by atoms with Crippen molar-refractivity contribution < 1.29 is 0 Å². The Hall–Kier alpha value is -6.51. The third-order valence-corrected chi connectivity index (χ3v) is 10.4. The van der Waals surface area contributed by atoms with Gasteiger partial charge in [0.05, 0.1) is 11.0 Å². The normalized spacial score (nSPS) is 11.7. The van der Waals surface area contributed by atoms with Crippen molar-refractivity contribution in [1.29, 1.82) is 0 Å². The third kappa shape index (κ3) is 4.39. The van der Waals surface area contributed by atoms with Crippen molar-refractivity contribution in [3.05, 3.63) is 182 Å². The lowest BCUT2D eigenvalue weighted by molar-refractivity contribution is 1.17. The Kier molecular flexibility index (Phi) is 6.43. The van der Waals surface area contributed by atoms with Crippen LogP contribution < -0.4 is 0 Å².